The molecule has 0 heterocycles. The highest BCUT2D eigenvalue weighted by molar-refractivity contribution is 7.47. The average molecular weight is 1160 g/mol. The van der Waals surface area contributed by atoms with Gasteiger partial charge in [0.1, 0.15) is 19.3 Å². The van der Waals surface area contributed by atoms with Gasteiger partial charge in [-0.25, -0.2) is 9.13 Å². The summed E-state index contributed by atoms with van der Waals surface area (Å²) >= 11 is 0. The Balaban J connectivity index is 5.19. The van der Waals surface area contributed by atoms with Gasteiger partial charge in [0.15, 0.2) is 12.2 Å². The maximum Gasteiger partial charge on any atom is 0.472 e. The number of phosphoric ester groups is 2. The number of esters is 4. The molecule has 0 aliphatic heterocycles. The summed E-state index contributed by atoms with van der Waals surface area (Å²) in [7, 11) is -9.87. The number of unbranched alkanes of at least 4 members (excludes halogenated alkanes) is 30. The molecular formula is C59H114O17P2. The number of aliphatic hydroxyl groups excluding tert-OH is 1. The molecular weight excluding hydrogens is 1040 g/mol. The molecule has 0 radical (unpaired) electrons. The van der Waals surface area contributed by atoms with Gasteiger partial charge in [-0.1, -0.05) is 240 Å². The first-order chi connectivity index (χ1) is 37.6. The van der Waals surface area contributed by atoms with Crippen LogP contribution in [0.2, 0.25) is 0 Å². The van der Waals surface area contributed by atoms with Crippen molar-refractivity contribution < 1.29 is 80.2 Å². The van der Waals surface area contributed by atoms with Gasteiger partial charge in [-0.05, 0) is 31.6 Å². The Morgan fingerprint density at radius 2 is 0.615 bits per heavy atom. The maximum absolute atomic E-state index is 12.9. The number of ether oxygens (including phenoxy) is 4. The molecule has 0 bridgehead atoms. The molecule has 0 aromatic rings. The minimum Gasteiger partial charge on any atom is -0.462 e. The maximum atomic E-state index is 12.9. The van der Waals surface area contributed by atoms with Crippen molar-refractivity contribution in [2.24, 2.45) is 5.92 Å². The lowest BCUT2D eigenvalue weighted by Gasteiger charge is -2.21. The Morgan fingerprint density at radius 1 is 0.359 bits per heavy atom. The lowest BCUT2D eigenvalue weighted by atomic mass is 10.00. The fraction of sp³-hybridized carbons (Fsp3) is 0.932. The van der Waals surface area contributed by atoms with Crippen molar-refractivity contribution in [3.63, 3.8) is 0 Å². The van der Waals surface area contributed by atoms with Crippen molar-refractivity contribution in [2.45, 2.75) is 310 Å². The summed E-state index contributed by atoms with van der Waals surface area (Å²) in [6.45, 7) is 7.01. The molecule has 0 amide bonds. The highest BCUT2D eigenvalue weighted by Crippen LogP contribution is 2.45. The van der Waals surface area contributed by atoms with Crippen LogP contribution >= 0.6 is 15.6 Å². The Morgan fingerprint density at radius 3 is 0.910 bits per heavy atom. The summed E-state index contributed by atoms with van der Waals surface area (Å²) in [4.78, 5) is 71.7. The standard InChI is InChI=1S/C59H114O17P2/c1-6-10-13-16-18-20-22-24-26-28-34-39-44-58(63)75-55(49-70-57(62)43-38-33-27-25-23-21-19-17-14-11-7-2)51-74-78(67,68)72-47-53(60)46-71-77(65,66)73-50-54(48-69-56(61)42-37-31-15-12-8-3)76-59(64)45-40-35-30-29-32-36-41-52(5)9-4/h52-55,60H,6-51H2,1-5H3,(H,65,66)(H,67,68)/t52?,53-,54+,55+/m0/s1. The normalized spacial score (nSPS) is 14.7. The van der Waals surface area contributed by atoms with Crippen LogP contribution in [0.15, 0.2) is 0 Å². The first kappa shape index (κ1) is 76.1. The Labute approximate surface area is 473 Å². The van der Waals surface area contributed by atoms with Gasteiger partial charge in [-0.3, -0.25) is 37.3 Å². The highest BCUT2D eigenvalue weighted by Gasteiger charge is 2.30. The number of carbonyl (C=O) groups excluding carboxylic acids is 4. The number of rotatable bonds is 59. The molecule has 19 heteroatoms. The zero-order valence-electron chi connectivity index (χ0n) is 49.8. The van der Waals surface area contributed by atoms with Crippen molar-refractivity contribution >= 4 is 39.5 Å². The van der Waals surface area contributed by atoms with Crippen LogP contribution in [0.3, 0.4) is 0 Å². The first-order valence-corrected chi connectivity index (χ1v) is 34.2. The second kappa shape index (κ2) is 53.1. The molecule has 3 unspecified atom stereocenters. The van der Waals surface area contributed by atoms with Crippen molar-refractivity contribution in [2.75, 3.05) is 39.6 Å². The molecule has 0 aliphatic carbocycles. The molecule has 462 valence electrons. The van der Waals surface area contributed by atoms with E-state index in [2.05, 4.69) is 34.6 Å². The second-order valence-corrected chi connectivity index (χ2v) is 24.5. The van der Waals surface area contributed by atoms with E-state index in [1.54, 1.807) is 0 Å². The number of hydrogen-bond acceptors (Lipinski definition) is 15. The molecule has 3 N–H and O–H groups in total. The van der Waals surface area contributed by atoms with Crippen LogP contribution in [0.5, 0.6) is 0 Å². The van der Waals surface area contributed by atoms with E-state index in [9.17, 15) is 43.2 Å². The molecule has 6 atom stereocenters. The van der Waals surface area contributed by atoms with Crippen LogP contribution in [0.4, 0.5) is 0 Å². The van der Waals surface area contributed by atoms with E-state index in [1.165, 1.54) is 109 Å². The topological polar surface area (TPSA) is 237 Å². The van der Waals surface area contributed by atoms with E-state index >= 15 is 0 Å². The smallest absolute Gasteiger partial charge is 0.462 e. The van der Waals surface area contributed by atoms with E-state index in [-0.39, 0.29) is 25.7 Å². The van der Waals surface area contributed by atoms with Crippen molar-refractivity contribution in [1.29, 1.82) is 0 Å². The molecule has 0 saturated carbocycles. The molecule has 0 spiro atoms. The summed E-state index contributed by atoms with van der Waals surface area (Å²) in [5.74, 6) is -1.43. The van der Waals surface area contributed by atoms with Gasteiger partial charge >= 0.3 is 39.5 Å². The fourth-order valence-electron chi connectivity index (χ4n) is 8.67. The first-order valence-electron chi connectivity index (χ1n) is 31.2. The van der Waals surface area contributed by atoms with Crippen molar-refractivity contribution in [3.05, 3.63) is 0 Å². The van der Waals surface area contributed by atoms with E-state index in [4.69, 9.17) is 37.0 Å². The van der Waals surface area contributed by atoms with Gasteiger partial charge in [-0.2, -0.15) is 0 Å². The number of aliphatic hydroxyl groups is 1. The molecule has 0 fully saturated rings. The van der Waals surface area contributed by atoms with Gasteiger partial charge in [-0.15, -0.1) is 0 Å². The van der Waals surface area contributed by atoms with Gasteiger partial charge in [0.2, 0.25) is 0 Å². The minimum atomic E-state index is -4.94. The Hall–Kier alpha value is -1.94. The van der Waals surface area contributed by atoms with Crippen molar-refractivity contribution in [3.8, 4) is 0 Å². The van der Waals surface area contributed by atoms with Crippen LogP contribution in [0, 0.1) is 5.92 Å². The number of phosphoric acid groups is 2. The third-order valence-electron chi connectivity index (χ3n) is 13.9. The average Bonchev–Trinajstić information content (AvgIpc) is 3.41. The molecule has 0 aliphatic rings. The van der Waals surface area contributed by atoms with Gasteiger partial charge < -0.3 is 33.8 Å². The predicted molar refractivity (Wildman–Crippen MR) is 308 cm³/mol. The second-order valence-electron chi connectivity index (χ2n) is 21.6. The zero-order chi connectivity index (χ0) is 57.8. The summed E-state index contributed by atoms with van der Waals surface area (Å²) in [5.41, 5.74) is 0. The predicted octanol–water partition coefficient (Wildman–Crippen LogP) is 15.8. The molecule has 0 aromatic carbocycles. The van der Waals surface area contributed by atoms with Gasteiger partial charge in [0.05, 0.1) is 26.4 Å². The number of carbonyl (C=O) groups is 4. The quantitative estimate of drug-likeness (QED) is 0.0222. The van der Waals surface area contributed by atoms with E-state index < -0.39 is 97.5 Å². The molecule has 0 saturated heterocycles. The Bertz CT molecular complexity index is 1540. The summed E-state index contributed by atoms with van der Waals surface area (Å²) in [6.07, 6.45) is 35.1. The summed E-state index contributed by atoms with van der Waals surface area (Å²) < 4.78 is 67.6. The van der Waals surface area contributed by atoms with Crippen LogP contribution < -0.4 is 0 Å². The van der Waals surface area contributed by atoms with Gasteiger partial charge in [0, 0.05) is 25.7 Å². The third-order valence-corrected chi connectivity index (χ3v) is 15.8. The van der Waals surface area contributed by atoms with E-state index in [1.807, 2.05) is 0 Å². The monoisotopic (exact) mass is 1160 g/mol. The lowest BCUT2D eigenvalue weighted by Crippen LogP contribution is -2.30. The fourth-order valence-corrected chi connectivity index (χ4v) is 10.2. The SMILES string of the molecule is CCCCCCCCCCCCCCC(=O)O[C@H](COC(=O)CCCCCCCCCCCCC)COP(=O)(O)OC[C@@H](O)COP(=O)(O)OC[C@@H](COC(=O)CCCCCCC)OC(=O)CCCCCCCCC(C)CC. The largest absolute Gasteiger partial charge is 0.472 e. The molecule has 0 rings (SSSR count). The Kier molecular flexibility index (Phi) is 51.8. The van der Waals surface area contributed by atoms with Crippen LogP contribution in [-0.4, -0.2) is 96.7 Å². The number of hydrogen-bond donors (Lipinski definition) is 3. The van der Waals surface area contributed by atoms with Gasteiger partial charge in [0.25, 0.3) is 0 Å². The highest BCUT2D eigenvalue weighted by atomic mass is 31.2. The molecule has 17 nitrogen and oxygen atoms in total. The van der Waals surface area contributed by atoms with Crippen LogP contribution in [-0.2, 0) is 65.4 Å². The molecule has 78 heavy (non-hydrogen) atoms. The minimum absolute atomic E-state index is 0.102. The molecule has 0 aromatic heterocycles. The van der Waals surface area contributed by atoms with Crippen LogP contribution in [0.25, 0.3) is 0 Å². The van der Waals surface area contributed by atoms with Crippen molar-refractivity contribution in [1.82, 2.24) is 0 Å². The lowest BCUT2D eigenvalue weighted by molar-refractivity contribution is -0.161. The van der Waals surface area contributed by atoms with Crippen LogP contribution in [0.1, 0.15) is 291 Å². The van der Waals surface area contributed by atoms with E-state index in [0.717, 1.165) is 102 Å². The summed E-state index contributed by atoms with van der Waals surface area (Å²) in [6, 6.07) is 0. The summed E-state index contributed by atoms with van der Waals surface area (Å²) in [5, 5.41) is 10.5. The van der Waals surface area contributed by atoms with E-state index in [0.29, 0.717) is 25.7 Å². The third kappa shape index (κ3) is 52.2. The zero-order valence-corrected chi connectivity index (χ0v) is 51.6.